The van der Waals surface area contributed by atoms with Gasteiger partial charge in [0.05, 0.1) is 6.61 Å². The summed E-state index contributed by atoms with van der Waals surface area (Å²) in [5.41, 5.74) is 1.27. The van der Waals surface area contributed by atoms with Crippen molar-refractivity contribution in [1.29, 1.82) is 0 Å². The van der Waals surface area contributed by atoms with Crippen LogP contribution in [0.4, 0.5) is 0 Å². The summed E-state index contributed by atoms with van der Waals surface area (Å²) in [5.74, 6) is 0. The molecular formula is C14H20N2OS2. The second kappa shape index (κ2) is 7.82. The Balaban J connectivity index is 1.98. The summed E-state index contributed by atoms with van der Waals surface area (Å²) in [6.45, 7) is 3.85. The predicted molar refractivity (Wildman–Crippen MR) is 84.0 cm³/mol. The number of aromatic nitrogens is 1. The highest BCUT2D eigenvalue weighted by molar-refractivity contribution is 8.21. The number of thiocarbonyl (C=S) groups is 1. The Morgan fingerprint density at radius 3 is 3.21 bits per heavy atom. The van der Waals surface area contributed by atoms with Crippen LogP contribution in [0.25, 0.3) is 0 Å². The van der Waals surface area contributed by atoms with Crippen molar-refractivity contribution < 1.29 is 4.74 Å². The summed E-state index contributed by atoms with van der Waals surface area (Å²) in [5, 5.41) is 0. The Labute approximate surface area is 124 Å². The first-order chi connectivity index (χ1) is 9.31. The van der Waals surface area contributed by atoms with Crippen molar-refractivity contribution in [2.45, 2.75) is 38.6 Å². The van der Waals surface area contributed by atoms with E-state index < -0.39 is 0 Å². The largest absolute Gasteiger partial charge is 0.478 e. The van der Waals surface area contributed by atoms with Crippen molar-refractivity contribution in [3.8, 4) is 0 Å². The highest BCUT2D eigenvalue weighted by Crippen LogP contribution is 2.35. The summed E-state index contributed by atoms with van der Waals surface area (Å²) in [4.78, 5) is 4.22. The van der Waals surface area contributed by atoms with Crippen LogP contribution >= 0.6 is 24.2 Å². The molecule has 1 unspecified atom stereocenters. The first kappa shape index (κ1) is 14.8. The number of nitrogens with zero attached hydrogens (tertiary/aromatic N) is 2. The average Bonchev–Trinajstić information content (AvgIpc) is 2.46. The molecule has 0 bridgehead atoms. The van der Waals surface area contributed by atoms with E-state index in [-0.39, 0.29) is 0 Å². The molecule has 1 aliphatic rings. The van der Waals surface area contributed by atoms with Gasteiger partial charge < -0.3 is 4.74 Å². The van der Waals surface area contributed by atoms with Crippen LogP contribution < -0.4 is 0 Å². The molecule has 0 spiro atoms. The van der Waals surface area contributed by atoms with Crippen LogP contribution in [0.15, 0.2) is 24.5 Å². The van der Waals surface area contributed by atoms with Crippen molar-refractivity contribution in [3.05, 3.63) is 30.1 Å². The van der Waals surface area contributed by atoms with Crippen LogP contribution in [0.5, 0.6) is 0 Å². The molecule has 2 heterocycles. The molecule has 0 saturated carbocycles. The van der Waals surface area contributed by atoms with Crippen molar-refractivity contribution in [3.63, 3.8) is 0 Å². The van der Waals surface area contributed by atoms with E-state index in [1.165, 1.54) is 18.4 Å². The number of piperidine rings is 1. The minimum atomic E-state index is 0.399. The number of rotatable bonds is 4. The zero-order valence-corrected chi connectivity index (χ0v) is 12.9. The molecule has 5 heteroatoms. The van der Waals surface area contributed by atoms with E-state index in [9.17, 15) is 0 Å². The fourth-order valence-electron chi connectivity index (χ4n) is 2.23. The molecule has 104 valence electrons. The van der Waals surface area contributed by atoms with Crippen molar-refractivity contribution in [1.82, 2.24) is 9.29 Å². The smallest absolute Gasteiger partial charge is 0.235 e. The van der Waals surface area contributed by atoms with Gasteiger partial charge in [0.2, 0.25) is 4.38 Å². The number of pyridine rings is 1. The molecular weight excluding hydrogens is 276 g/mol. The minimum Gasteiger partial charge on any atom is -0.478 e. The van der Waals surface area contributed by atoms with Gasteiger partial charge in [-0.3, -0.25) is 4.98 Å². The normalized spacial score (nSPS) is 20.2. The SMILES string of the molecule is CCCOC(=S)SN1CCCCC1c1cccnc1. The second-order valence-electron chi connectivity index (χ2n) is 4.63. The maximum absolute atomic E-state index is 5.52. The first-order valence-corrected chi connectivity index (χ1v) is 8.00. The Morgan fingerprint density at radius 1 is 1.58 bits per heavy atom. The standard InChI is InChI=1S/C14H20N2OS2/c1-2-10-17-14(18)19-16-9-4-3-7-13(16)12-6-5-8-15-11-12/h5-6,8,11,13H,2-4,7,9-10H2,1H3. The van der Waals surface area contributed by atoms with E-state index in [2.05, 4.69) is 22.3 Å². The molecule has 2 rings (SSSR count). The lowest BCUT2D eigenvalue weighted by atomic mass is 9.99. The fraction of sp³-hybridized carbons (Fsp3) is 0.571. The topological polar surface area (TPSA) is 25.4 Å². The van der Waals surface area contributed by atoms with E-state index >= 15 is 0 Å². The maximum Gasteiger partial charge on any atom is 0.235 e. The van der Waals surface area contributed by atoms with Gasteiger partial charge in [-0.05, 0) is 43.1 Å². The van der Waals surface area contributed by atoms with Gasteiger partial charge in [0.15, 0.2) is 0 Å². The quantitative estimate of drug-likeness (QED) is 0.618. The third-order valence-corrected chi connectivity index (χ3v) is 4.42. The first-order valence-electron chi connectivity index (χ1n) is 6.82. The average molecular weight is 296 g/mol. The number of hydrogen-bond donors (Lipinski definition) is 0. The molecule has 1 atom stereocenters. The van der Waals surface area contributed by atoms with Gasteiger partial charge in [-0.1, -0.05) is 19.4 Å². The third kappa shape index (κ3) is 4.44. The van der Waals surface area contributed by atoms with Gasteiger partial charge in [-0.15, -0.1) is 0 Å². The van der Waals surface area contributed by atoms with Crippen LogP contribution in [-0.4, -0.2) is 26.8 Å². The van der Waals surface area contributed by atoms with E-state index in [1.807, 2.05) is 18.5 Å². The molecule has 0 aliphatic carbocycles. The van der Waals surface area contributed by atoms with E-state index in [0.717, 1.165) is 19.4 Å². The van der Waals surface area contributed by atoms with Gasteiger partial charge in [-0.25, -0.2) is 4.31 Å². The Hall–Kier alpha value is -0.650. The Bertz CT molecular complexity index is 400. The van der Waals surface area contributed by atoms with Gasteiger partial charge in [-0.2, -0.15) is 0 Å². The Morgan fingerprint density at radius 2 is 2.47 bits per heavy atom. The maximum atomic E-state index is 5.52. The highest BCUT2D eigenvalue weighted by atomic mass is 32.2. The van der Waals surface area contributed by atoms with Gasteiger partial charge in [0, 0.05) is 36.9 Å². The van der Waals surface area contributed by atoms with Crippen molar-refractivity contribution in [2.24, 2.45) is 0 Å². The second-order valence-corrected chi connectivity index (χ2v) is 6.28. The molecule has 0 amide bonds. The van der Waals surface area contributed by atoms with E-state index in [4.69, 9.17) is 17.0 Å². The number of hydrogen-bond acceptors (Lipinski definition) is 5. The summed E-state index contributed by atoms with van der Waals surface area (Å²) in [7, 11) is 0. The van der Waals surface area contributed by atoms with E-state index in [1.54, 1.807) is 11.9 Å². The molecule has 0 radical (unpaired) electrons. The molecule has 1 fully saturated rings. The van der Waals surface area contributed by atoms with E-state index in [0.29, 0.717) is 17.0 Å². The van der Waals surface area contributed by atoms with Gasteiger partial charge in [0.25, 0.3) is 0 Å². The van der Waals surface area contributed by atoms with Crippen molar-refractivity contribution >= 4 is 28.5 Å². The predicted octanol–water partition coefficient (Wildman–Crippen LogP) is 3.97. The summed E-state index contributed by atoms with van der Waals surface area (Å²) in [6, 6.07) is 4.54. The lowest BCUT2D eigenvalue weighted by Crippen LogP contribution is -2.29. The lowest BCUT2D eigenvalue weighted by Gasteiger charge is -2.34. The zero-order valence-electron chi connectivity index (χ0n) is 11.2. The lowest BCUT2D eigenvalue weighted by molar-refractivity contribution is 0.276. The monoisotopic (exact) mass is 296 g/mol. The highest BCUT2D eigenvalue weighted by Gasteiger charge is 2.26. The molecule has 1 aromatic rings. The molecule has 1 saturated heterocycles. The molecule has 1 aromatic heterocycles. The third-order valence-electron chi connectivity index (χ3n) is 3.14. The fourth-order valence-corrected chi connectivity index (χ4v) is 3.50. The molecule has 3 nitrogen and oxygen atoms in total. The summed E-state index contributed by atoms with van der Waals surface area (Å²) < 4.78 is 8.50. The summed E-state index contributed by atoms with van der Waals surface area (Å²) >= 11 is 6.86. The van der Waals surface area contributed by atoms with Crippen LogP contribution in [0.2, 0.25) is 0 Å². The molecule has 0 N–H and O–H groups in total. The van der Waals surface area contributed by atoms with Crippen LogP contribution in [0.1, 0.15) is 44.2 Å². The molecule has 0 aromatic carbocycles. The number of ether oxygens (including phenoxy) is 1. The van der Waals surface area contributed by atoms with Crippen LogP contribution in [0.3, 0.4) is 0 Å². The van der Waals surface area contributed by atoms with Crippen LogP contribution in [-0.2, 0) is 4.74 Å². The molecule has 1 aliphatic heterocycles. The summed E-state index contributed by atoms with van der Waals surface area (Å²) in [6.07, 6.45) is 8.42. The van der Waals surface area contributed by atoms with Gasteiger partial charge in [0.1, 0.15) is 0 Å². The zero-order chi connectivity index (χ0) is 13.5. The Kier molecular flexibility index (Phi) is 6.07. The molecule has 19 heavy (non-hydrogen) atoms. The van der Waals surface area contributed by atoms with Crippen molar-refractivity contribution in [2.75, 3.05) is 13.2 Å². The minimum absolute atomic E-state index is 0.399. The van der Waals surface area contributed by atoms with Gasteiger partial charge >= 0.3 is 0 Å². The van der Waals surface area contributed by atoms with Crippen LogP contribution in [0, 0.1) is 0 Å².